The third-order valence-electron chi connectivity index (χ3n) is 0.236. The lowest BCUT2D eigenvalue weighted by atomic mass is 15.8. The molecule has 6 heteroatoms. The zero-order valence-corrected chi connectivity index (χ0v) is 11.1. The van der Waals surface area contributed by atoms with Gasteiger partial charge in [0, 0.05) is 0 Å². The molecule has 2 nitrogen and oxygen atoms in total. The van der Waals surface area contributed by atoms with Crippen LogP contribution in [0, 0.1) is 0 Å². The second-order valence-electron chi connectivity index (χ2n) is 0.695. The molecule has 0 radical (unpaired) electrons. The van der Waals surface area contributed by atoms with E-state index < -0.39 is 10.0 Å². The van der Waals surface area contributed by atoms with Gasteiger partial charge in [-0.25, -0.2) is 0 Å². The molecule has 0 aliphatic carbocycles. The molecule has 1 unspecified atom stereocenters. The average Bonchev–Trinajstić information content (AvgIpc) is 1.41. The van der Waals surface area contributed by atoms with Crippen LogP contribution < -0.4 is 0 Å². The Kier molecular flexibility index (Phi) is 15.8. The second-order valence-corrected chi connectivity index (χ2v) is 5.55. The molecule has 1 atom stereocenters. The predicted octanol–water partition coefficient (Wildman–Crippen LogP) is -3.36. The molecule has 40 valence electrons. The molecule has 6 heavy (non-hydrogen) atoms. The molecule has 0 spiro atoms. The van der Waals surface area contributed by atoms with Gasteiger partial charge in [0.15, 0.2) is 0 Å². The van der Waals surface area contributed by atoms with E-state index in [1.54, 1.807) is 0 Å². The lowest BCUT2D eigenvalue weighted by molar-refractivity contribution is 0.513. The Hall–Kier alpha value is 1.00. The van der Waals surface area contributed by atoms with Crippen LogP contribution in [0.4, 0.5) is 0 Å². The average molecular weight is 158 g/mol. The Balaban J connectivity index is 0. The summed E-state index contributed by atoms with van der Waals surface area (Å²) in [5.41, 5.74) is 0. The van der Waals surface area contributed by atoms with Crippen LogP contribution in [0.5, 0.6) is 0 Å². The largest absolute Gasteiger partial charge is 0.449 e. The van der Waals surface area contributed by atoms with E-state index in [0.717, 1.165) is 21.0 Å². The van der Waals surface area contributed by atoms with E-state index in [1.165, 1.54) is 0 Å². The Morgan fingerprint density at radius 3 is 1.50 bits per heavy atom. The lowest BCUT2D eigenvalue weighted by Gasteiger charge is -1.87. The van der Waals surface area contributed by atoms with Crippen molar-refractivity contribution in [3.63, 3.8) is 0 Å². The van der Waals surface area contributed by atoms with E-state index in [4.69, 9.17) is 8.23 Å². The SMILES string of the molecule is P.[SiH3]O[SiH2]O[SiH3]. The molecule has 0 heterocycles. The monoisotopic (exact) mass is 158 g/mol. The maximum absolute atomic E-state index is 4.78. The van der Waals surface area contributed by atoms with Crippen LogP contribution in [0.3, 0.4) is 0 Å². The van der Waals surface area contributed by atoms with E-state index >= 15 is 0 Å². The van der Waals surface area contributed by atoms with Crippen molar-refractivity contribution in [1.29, 1.82) is 0 Å². The van der Waals surface area contributed by atoms with Gasteiger partial charge in [-0.05, 0) is 0 Å². The van der Waals surface area contributed by atoms with Gasteiger partial charge in [-0.15, -0.1) is 0 Å². The van der Waals surface area contributed by atoms with Crippen molar-refractivity contribution >= 4 is 40.9 Å². The topological polar surface area (TPSA) is 18.5 Å². The highest BCUT2D eigenvalue weighted by Gasteiger charge is 1.66. The maximum Gasteiger partial charge on any atom is 0.282 e. The molecule has 0 fully saturated rings. The fourth-order valence-electron chi connectivity index (χ4n) is 0.118. The Morgan fingerprint density at radius 2 is 1.50 bits per heavy atom. The van der Waals surface area contributed by atoms with Crippen molar-refractivity contribution in [3.8, 4) is 0 Å². The first kappa shape index (κ1) is 10.1. The van der Waals surface area contributed by atoms with Crippen LogP contribution in [0.25, 0.3) is 0 Å². The highest BCUT2D eigenvalue weighted by Crippen LogP contribution is 1.52. The molecule has 0 N–H and O–H groups in total. The third kappa shape index (κ3) is 8.89. The molecular weight excluding hydrogens is 147 g/mol. The van der Waals surface area contributed by atoms with Crippen molar-refractivity contribution in [2.24, 2.45) is 0 Å². The molecule has 0 aromatic heterocycles. The van der Waals surface area contributed by atoms with Crippen molar-refractivity contribution in [1.82, 2.24) is 0 Å². The van der Waals surface area contributed by atoms with Crippen LogP contribution in [0.2, 0.25) is 0 Å². The quantitative estimate of drug-likeness (QED) is 0.309. The zero-order chi connectivity index (χ0) is 4.12. The van der Waals surface area contributed by atoms with E-state index in [9.17, 15) is 0 Å². The highest BCUT2D eigenvalue weighted by atomic mass is 31.0. The molecule has 0 aromatic rings. The second kappa shape index (κ2) is 9.38. The molecule has 0 saturated heterocycles. The Labute approximate surface area is 49.8 Å². The van der Waals surface area contributed by atoms with Gasteiger partial charge in [0.1, 0.15) is 21.0 Å². The Morgan fingerprint density at radius 1 is 1.17 bits per heavy atom. The summed E-state index contributed by atoms with van der Waals surface area (Å²) >= 11 is 0. The van der Waals surface area contributed by atoms with Gasteiger partial charge in [0.25, 0.3) is 10.0 Å². The molecule has 0 aromatic carbocycles. The molecule has 0 saturated carbocycles. The summed E-state index contributed by atoms with van der Waals surface area (Å²) in [6, 6.07) is 0. The van der Waals surface area contributed by atoms with Crippen LogP contribution in [-0.2, 0) is 8.23 Å². The highest BCUT2D eigenvalue weighted by molar-refractivity contribution is 6.92. The first-order chi connectivity index (χ1) is 2.41. The number of hydrogen-bond acceptors (Lipinski definition) is 2. The molecule has 0 rings (SSSR count). The first-order valence-electron chi connectivity index (χ1n) is 1.39. The van der Waals surface area contributed by atoms with Gasteiger partial charge in [-0.2, -0.15) is 9.90 Å². The fraction of sp³-hybridized carbons (Fsp3) is 0. The number of rotatable bonds is 2. The van der Waals surface area contributed by atoms with Gasteiger partial charge >= 0.3 is 0 Å². The predicted molar refractivity (Wildman–Crippen MR) is 41.7 cm³/mol. The van der Waals surface area contributed by atoms with E-state index in [1.807, 2.05) is 0 Å². The smallest absolute Gasteiger partial charge is 0.282 e. The minimum atomic E-state index is -0.444. The first-order valence-corrected chi connectivity index (χ1v) is 4.18. The summed E-state index contributed by atoms with van der Waals surface area (Å²) in [7, 11) is 1.27. The number of hydrogen-bond donors (Lipinski definition) is 0. The Bertz CT molecular complexity index is 16.3. The lowest BCUT2D eigenvalue weighted by Crippen LogP contribution is -1.96. The van der Waals surface area contributed by atoms with Crippen LogP contribution in [-0.4, -0.2) is 31.0 Å². The molecule has 0 aliphatic rings. The van der Waals surface area contributed by atoms with E-state index in [2.05, 4.69) is 0 Å². The summed E-state index contributed by atoms with van der Waals surface area (Å²) in [6.45, 7) is 0. The van der Waals surface area contributed by atoms with Gasteiger partial charge in [0.2, 0.25) is 0 Å². The molecule has 0 bridgehead atoms. The fourth-order valence-corrected chi connectivity index (χ4v) is 3.18. The van der Waals surface area contributed by atoms with Gasteiger partial charge < -0.3 is 8.23 Å². The van der Waals surface area contributed by atoms with Crippen molar-refractivity contribution in [3.05, 3.63) is 0 Å². The van der Waals surface area contributed by atoms with Crippen molar-refractivity contribution in [2.75, 3.05) is 0 Å². The minimum Gasteiger partial charge on any atom is -0.449 e. The molecule has 0 aliphatic heterocycles. The van der Waals surface area contributed by atoms with Gasteiger partial charge in [-0.1, -0.05) is 0 Å². The maximum atomic E-state index is 4.78. The van der Waals surface area contributed by atoms with Crippen LogP contribution in [0.15, 0.2) is 0 Å². The molecule has 0 amide bonds. The van der Waals surface area contributed by atoms with Gasteiger partial charge in [-0.3, -0.25) is 0 Å². The van der Waals surface area contributed by atoms with E-state index in [0.29, 0.717) is 0 Å². The zero-order valence-electron chi connectivity index (χ0n) is 4.23. The normalized spacial score (nSPS) is 10.0. The summed E-state index contributed by atoms with van der Waals surface area (Å²) < 4.78 is 9.56. The van der Waals surface area contributed by atoms with Crippen molar-refractivity contribution < 1.29 is 8.23 Å². The minimum absolute atomic E-state index is 0. The van der Waals surface area contributed by atoms with E-state index in [-0.39, 0.29) is 9.90 Å². The summed E-state index contributed by atoms with van der Waals surface area (Å²) in [4.78, 5) is 0. The summed E-state index contributed by atoms with van der Waals surface area (Å²) in [6.07, 6.45) is 0. The third-order valence-corrected chi connectivity index (χ3v) is 2.12. The molecular formula is H11O2PSi3. The summed E-state index contributed by atoms with van der Waals surface area (Å²) in [5, 5.41) is 0. The standard InChI is InChI=1S/H8O2Si3.H3P/c3-1-5-2-4;/h5H2,3-4H3;1H3. The van der Waals surface area contributed by atoms with Gasteiger partial charge in [0.05, 0.1) is 0 Å². The van der Waals surface area contributed by atoms with Crippen LogP contribution >= 0.6 is 9.90 Å². The summed E-state index contributed by atoms with van der Waals surface area (Å²) in [5.74, 6) is 0. The van der Waals surface area contributed by atoms with Crippen LogP contribution in [0.1, 0.15) is 0 Å². The van der Waals surface area contributed by atoms with Crippen molar-refractivity contribution in [2.45, 2.75) is 0 Å².